The molecular weight excluding hydrogens is 272 g/mol. The maximum Gasteiger partial charge on any atom is 0.337 e. The molecule has 21 heavy (non-hydrogen) atoms. The van der Waals surface area contributed by atoms with Gasteiger partial charge in [0.25, 0.3) is 0 Å². The zero-order valence-electron chi connectivity index (χ0n) is 12.1. The van der Waals surface area contributed by atoms with Crippen LogP contribution in [-0.4, -0.2) is 46.6 Å². The van der Waals surface area contributed by atoms with Gasteiger partial charge in [-0.05, 0) is 19.1 Å². The minimum Gasteiger partial charge on any atom is -0.478 e. The molecule has 1 N–H and O–H groups in total. The van der Waals surface area contributed by atoms with Crippen LogP contribution in [0.2, 0.25) is 0 Å². The van der Waals surface area contributed by atoms with E-state index < -0.39 is 11.6 Å². The van der Waals surface area contributed by atoms with E-state index in [1.54, 1.807) is 19.2 Å². The highest BCUT2D eigenvalue weighted by molar-refractivity contribution is 6.01. The van der Waals surface area contributed by atoms with E-state index in [0.717, 1.165) is 12.2 Å². The first-order chi connectivity index (χ1) is 10.1. The second kappa shape index (κ2) is 5.13. The van der Waals surface area contributed by atoms with Gasteiger partial charge in [-0.1, -0.05) is 6.07 Å². The normalized spacial score (nSPS) is 22.0. The van der Waals surface area contributed by atoms with Crippen LogP contribution >= 0.6 is 0 Å². The molecule has 1 aromatic carbocycles. The standard InChI is InChI=1S/C15H18N2O4/c1-10-16-12-5-3-4-11(14(18)19)13(12)17(10)8-15(20-2)6-7-21-9-15/h3-5H,6-9H2,1-2H3,(H,18,19). The van der Waals surface area contributed by atoms with E-state index >= 15 is 0 Å². The number of imidazole rings is 1. The highest BCUT2D eigenvalue weighted by Gasteiger charge is 2.36. The highest BCUT2D eigenvalue weighted by Crippen LogP contribution is 2.28. The lowest BCUT2D eigenvalue weighted by Crippen LogP contribution is -2.37. The first-order valence-electron chi connectivity index (χ1n) is 6.88. The van der Waals surface area contributed by atoms with Gasteiger partial charge in [-0.2, -0.15) is 0 Å². The molecular formula is C15H18N2O4. The molecule has 6 heteroatoms. The van der Waals surface area contributed by atoms with Crippen molar-refractivity contribution in [2.24, 2.45) is 0 Å². The number of para-hydroxylation sites is 1. The van der Waals surface area contributed by atoms with Crippen LogP contribution < -0.4 is 0 Å². The lowest BCUT2D eigenvalue weighted by atomic mass is 10.0. The van der Waals surface area contributed by atoms with Crippen LogP contribution in [0.15, 0.2) is 18.2 Å². The number of aromatic nitrogens is 2. The summed E-state index contributed by atoms with van der Waals surface area (Å²) in [6.07, 6.45) is 0.790. The van der Waals surface area contributed by atoms with Crippen molar-refractivity contribution in [1.29, 1.82) is 0 Å². The molecule has 112 valence electrons. The smallest absolute Gasteiger partial charge is 0.337 e. The number of rotatable bonds is 4. The van der Waals surface area contributed by atoms with Crippen LogP contribution in [0.3, 0.4) is 0 Å². The number of hydrogen-bond donors (Lipinski definition) is 1. The molecule has 1 aliphatic rings. The third-order valence-electron chi connectivity index (χ3n) is 4.13. The van der Waals surface area contributed by atoms with Crippen LogP contribution in [0.4, 0.5) is 0 Å². The van der Waals surface area contributed by atoms with Crippen molar-refractivity contribution in [3.05, 3.63) is 29.6 Å². The molecule has 6 nitrogen and oxygen atoms in total. The molecule has 1 fully saturated rings. The summed E-state index contributed by atoms with van der Waals surface area (Å²) < 4.78 is 13.0. The van der Waals surface area contributed by atoms with Gasteiger partial charge < -0.3 is 19.1 Å². The Morgan fingerprint density at radius 3 is 3.00 bits per heavy atom. The number of aryl methyl sites for hydroxylation is 1. The summed E-state index contributed by atoms with van der Waals surface area (Å²) in [4.78, 5) is 15.9. The molecule has 1 unspecified atom stereocenters. The number of carboxylic acids is 1. The fraction of sp³-hybridized carbons (Fsp3) is 0.467. The molecule has 1 aliphatic heterocycles. The van der Waals surface area contributed by atoms with Crippen molar-refractivity contribution < 1.29 is 19.4 Å². The molecule has 1 atom stereocenters. The zero-order valence-corrected chi connectivity index (χ0v) is 12.1. The van der Waals surface area contributed by atoms with E-state index in [4.69, 9.17) is 9.47 Å². The molecule has 0 saturated carbocycles. The largest absolute Gasteiger partial charge is 0.478 e. The number of carboxylic acid groups (broad SMARTS) is 1. The monoisotopic (exact) mass is 290 g/mol. The van der Waals surface area contributed by atoms with Gasteiger partial charge in [-0.15, -0.1) is 0 Å². The van der Waals surface area contributed by atoms with Crippen molar-refractivity contribution in [1.82, 2.24) is 9.55 Å². The molecule has 0 aliphatic carbocycles. The van der Waals surface area contributed by atoms with E-state index in [2.05, 4.69) is 4.98 Å². The Labute approximate surface area is 122 Å². The number of benzene rings is 1. The van der Waals surface area contributed by atoms with Crippen molar-refractivity contribution in [3.63, 3.8) is 0 Å². The molecule has 1 aromatic heterocycles. The first kappa shape index (κ1) is 14.0. The second-order valence-electron chi connectivity index (χ2n) is 5.41. The van der Waals surface area contributed by atoms with Crippen LogP contribution in [-0.2, 0) is 16.0 Å². The summed E-state index contributed by atoms with van der Waals surface area (Å²) in [5.74, 6) is -0.169. The quantitative estimate of drug-likeness (QED) is 0.930. The summed E-state index contributed by atoms with van der Waals surface area (Å²) in [6.45, 7) is 3.59. The zero-order chi connectivity index (χ0) is 15.0. The Bertz CT molecular complexity index is 686. The minimum absolute atomic E-state index is 0.262. The summed E-state index contributed by atoms with van der Waals surface area (Å²) in [6, 6.07) is 5.15. The van der Waals surface area contributed by atoms with Gasteiger partial charge in [0.15, 0.2) is 0 Å². The number of carbonyl (C=O) groups is 1. The fourth-order valence-corrected chi connectivity index (χ4v) is 2.89. The van der Waals surface area contributed by atoms with Crippen molar-refractivity contribution in [3.8, 4) is 0 Å². The van der Waals surface area contributed by atoms with Crippen molar-refractivity contribution in [2.45, 2.75) is 25.5 Å². The molecule has 3 rings (SSSR count). The Morgan fingerprint density at radius 1 is 1.57 bits per heavy atom. The van der Waals surface area contributed by atoms with Gasteiger partial charge in [0.2, 0.25) is 0 Å². The predicted molar refractivity (Wildman–Crippen MR) is 76.6 cm³/mol. The van der Waals surface area contributed by atoms with Crippen LogP contribution in [0, 0.1) is 6.92 Å². The fourth-order valence-electron chi connectivity index (χ4n) is 2.89. The Balaban J connectivity index is 2.13. The van der Waals surface area contributed by atoms with Gasteiger partial charge in [-0.3, -0.25) is 0 Å². The third kappa shape index (κ3) is 2.30. The van der Waals surface area contributed by atoms with Crippen LogP contribution in [0.5, 0.6) is 0 Å². The topological polar surface area (TPSA) is 73.6 Å². The average Bonchev–Trinajstić information content (AvgIpc) is 3.05. The molecule has 0 bridgehead atoms. The van der Waals surface area contributed by atoms with Gasteiger partial charge in [0, 0.05) is 20.1 Å². The average molecular weight is 290 g/mol. The van der Waals surface area contributed by atoms with Crippen LogP contribution in [0.25, 0.3) is 11.0 Å². The Kier molecular flexibility index (Phi) is 3.43. The number of nitrogens with zero attached hydrogens (tertiary/aromatic N) is 2. The number of aromatic carboxylic acids is 1. The predicted octanol–water partition coefficient (Wildman–Crippen LogP) is 1.85. The third-order valence-corrected chi connectivity index (χ3v) is 4.13. The molecule has 1 saturated heterocycles. The minimum atomic E-state index is -0.948. The van der Waals surface area contributed by atoms with Crippen LogP contribution in [0.1, 0.15) is 22.6 Å². The van der Waals surface area contributed by atoms with E-state index in [9.17, 15) is 9.90 Å². The van der Waals surface area contributed by atoms with Gasteiger partial charge in [0.05, 0.1) is 29.7 Å². The van der Waals surface area contributed by atoms with E-state index in [1.807, 2.05) is 17.6 Å². The summed E-state index contributed by atoms with van der Waals surface area (Å²) in [5.41, 5.74) is 1.19. The lowest BCUT2D eigenvalue weighted by molar-refractivity contribution is -0.0291. The number of fused-ring (bicyclic) bond motifs is 1. The Hall–Kier alpha value is -1.92. The first-order valence-corrected chi connectivity index (χ1v) is 6.88. The number of ether oxygens (including phenoxy) is 2. The van der Waals surface area contributed by atoms with Crippen molar-refractivity contribution >= 4 is 17.0 Å². The lowest BCUT2D eigenvalue weighted by Gasteiger charge is -2.27. The van der Waals surface area contributed by atoms with Gasteiger partial charge >= 0.3 is 5.97 Å². The summed E-state index contributed by atoms with van der Waals surface area (Å²) >= 11 is 0. The molecule has 2 aromatic rings. The van der Waals surface area contributed by atoms with E-state index in [0.29, 0.717) is 30.8 Å². The molecule has 0 radical (unpaired) electrons. The summed E-state index contributed by atoms with van der Waals surface area (Å²) in [5, 5.41) is 9.40. The number of hydrogen-bond acceptors (Lipinski definition) is 4. The maximum atomic E-state index is 11.5. The van der Waals surface area contributed by atoms with Gasteiger partial charge in [0.1, 0.15) is 11.4 Å². The molecule has 0 spiro atoms. The molecule has 2 heterocycles. The SMILES string of the molecule is COC1(Cn2c(C)nc3cccc(C(=O)O)c32)CCOC1. The van der Waals surface area contributed by atoms with Crippen molar-refractivity contribution in [2.75, 3.05) is 20.3 Å². The Morgan fingerprint density at radius 2 is 2.38 bits per heavy atom. The molecule has 0 amide bonds. The second-order valence-corrected chi connectivity index (χ2v) is 5.41. The number of methoxy groups -OCH3 is 1. The van der Waals surface area contributed by atoms with E-state index in [1.165, 1.54) is 0 Å². The van der Waals surface area contributed by atoms with E-state index in [-0.39, 0.29) is 5.56 Å². The highest BCUT2D eigenvalue weighted by atomic mass is 16.5. The maximum absolute atomic E-state index is 11.5. The summed E-state index contributed by atoms with van der Waals surface area (Å²) in [7, 11) is 1.67. The van der Waals surface area contributed by atoms with Gasteiger partial charge in [-0.25, -0.2) is 9.78 Å².